The van der Waals surface area contributed by atoms with E-state index in [1.807, 2.05) is 37.3 Å². The van der Waals surface area contributed by atoms with Crippen molar-refractivity contribution in [3.63, 3.8) is 0 Å². The molecule has 0 atom stereocenters. The molecular weight excluding hydrogens is 306 g/mol. The van der Waals surface area contributed by atoms with E-state index < -0.39 is 5.97 Å². The summed E-state index contributed by atoms with van der Waals surface area (Å²) in [4.78, 5) is 16.2. The molecule has 3 rings (SSSR count). The fourth-order valence-corrected chi connectivity index (χ4v) is 2.23. The zero-order valence-electron chi connectivity index (χ0n) is 13.7. The van der Waals surface area contributed by atoms with Gasteiger partial charge in [-0.05, 0) is 49.7 Å². The summed E-state index contributed by atoms with van der Waals surface area (Å²) in [5.41, 5.74) is 0.952. The number of furan rings is 1. The molecule has 0 saturated heterocycles. The van der Waals surface area contributed by atoms with Gasteiger partial charge in [-0.3, -0.25) is 0 Å². The number of aryl methyl sites for hydroxylation is 1. The van der Waals surface area contributed by atoms with Crippen LogP contribution in [0.25, 0.3) is 6.08 Å². The molecule has 1 aromatic carbocycles. The Kier molecular flexibility index (Phi) is 4.79. The minimum Gasteiger partial charge on any atom is -0.494 e. The molecule has 2 aromatic rings. The highest BCUT2D eigenvalue weighted by molar-refractivity contribution is 6.12. The van der Waals surface area contributed by atoms with Crippen LogP contribution < -0.4 is 4.74 Å². The Labute approximate surface area is 140 Å². The molecule has 0 unspecified atom stereocenters. The minimum atomic E-state index is -0.484. The van der Waals surface area contributed by atoms with Crippen LogP contribution in [0.4, 0.5) is 0 Å². The lowest BCUT2D eigenvalue weighted by atomic mass is 10.2. The average Bonchev–Trinajstić information content (AvgIpc) is 3.15. The van der Waals surface area contributed by atoms with Gasteiger partial charge in [-0.15, -0.1) is 0 Å². The molecule has 1 aliphatic rings. The monoisotopic (exact) mass is 325 g/mol. The average molecular weight is 325 g/mol. The number of hydrogen-bond donors (Lipinski definition) is 0. The maximum Gasteiger partial charge on any atom is 0.363 e. The van der Waals surface area contributed by atoms with E-state index in [0.717, 1.165) is 29.9 Å². The maximum atomic E-state index is 11.9. The number of rotatable bonds is 6. The van der Waals surface area contributed by atoms with Crippen LogP contribution in [0.15, 0.2) is 51.5 Å². The third-order valence-corrected chi connectivity index (χ3v) is 3.53. The molecule has 0 N–H and O–H groups in total. The van der Waals surface area contributed by atoms with Crippen molar-refractivity contribution in [2.75, 3.05) is 6.61 Å². The topological polar surface area (TPSA) is 61.0 Å². The normalized spacial score (nSPS) is 15.5. The van der Waals surface area contributed by atoms with Gasteiger partial charge in [-0.2, -0.15) is 0 Å². The summed E-state index contributed by atoms with van der Waals surface area (Å²) in [6.07, 6.45) is 3.69. The summed E-state index contributed by atoms with van der Waals surface area (Å²) < 4.78 is 16.3. The van der Waals surface area contributed by atoms with E-state index in [-0.39, 0.29) is 11.6 Å². The van der Waals surface area contributed by atoms with Crippen LogP contribution >= 0.6 is 0 Å². The van der Waals surface area contributed by atoms with Gasteiger partial charge in [0.05, 0.1) is 6.61 Å². The predicted molar refractivity (Wildman–Crippen MR) is 90.9 cm³/mol. The summed E-state index contributed by atoms with van der Waals surface area (Å²) in [6, 6.07) is 11.0. The number of hydrogen-bond acceptors (Lipinski definition) is 5. The first-order chi connectivity index (χ1) is 11.7. The molecule has 2 heterocycles. The fraction of sp³-hybridized carbons (Fsp3) is 0.263. The van der Waals surface area contributed by atoms with Crippen LogP contribution in [-0.2, 0) is 9.53 Å². The van der Waals surface area contributed by atoms with Gasteiger partial charge < -0.3 is 13.9 Å². The van der Waals surface area contributed by atoms with Crippen LogP contribution in [0.5, 0.6) is 5.75 Å². The number of aliphatic imine (C=N–C) groups is 1. The Hall–Kier alpha value is -2.82. The smallest absolute Gasteiger partial charge is 0.363 e. The Morgan fingerprint density at radius 3 is 2.62 bits per heavy atom. The number of unbranched alkanes of at least 4 members (excludes halogenated alkanes) is 1. The lowest BCUT2D eigenvalue weighted by molar-refractivity contribution is -0.129. The van der Waals surface area contributed by atoms with E-state index >= 15 is 0 Å². The lowest BCUT2D eigenvalue weighted by Gasteiger charge is -2.05. The molecular formula is C19H19NO4. The van der Waals surface area contributed by atoms with Crippen molar-refractivity contribution in [2.24, 2.45) is 4.99 Å². The second-order valence-electron chi connectivity index (χ2n) is 5.51. The van der Waals surface area contributed by atoms with E-state index in [9.17, 15) is 4.79 Å². The molecule has 0 fully saturated rings. The molecule has 0 radical (unpaired) electrons. The van der Waals surface area contributed by atoms with E-state index in [1.165, 1.54) is 0 Å². The third kappa shape index (κ3) is 3.74. The van der Waals surface area contributed by atoms with Crippen molar-refractivity contribution in [1.29, 1.82) is 0 Å². The number of benzene rings is 1. The minimum absolute atomic E-state index is 0.225. The molecule has 5 nitrogen and oxygen atoms in total. The largest absolute Gasteiger partial charge is 0.494 e. The first-order valence-corrected chi connectivity index (χ1v) is 7.98. The maximum absolute atomic E-state index is 11.9. The second-order valence-corrected chi connectivity index (χ2v) is 5.51. The van der Waals surface area contributed by atoms with Crippen LogP contribution in [0.3, 0.4) is 0 Å². The lowest BCUT2D eigenvalue weighted by Crippen LogP contribution is -2.05. The van der Waals surface area contributed by atoms with Gasteiger partial charge in [0.15, 0.2) is 5.70 Å². The van der Waals surface area contributed by atoms with Gasteiger partial charge in [0, 0.05) is 11.6 Å². The van der Waals surface area contributed by atoms with Gasteiger partial charge in [0.2, 0.25) is 5.90 Å². The second kappa shape index (κ2) is 7.17. The molecule has 1 aromatic heterocycles. The summed E-state index contributed by atoms with van der Waals surface area (Å²) >= 11 is 0. The number of ether oxygens (including phenoxy) is 2. The molecule has 0 bridgehead atoms. The highest BCUT2D eigenvalue weighted by Gasteiger charge is 2.24. The number of cyclic esters (lactones) is 1. The fourth-order valence-electron chi connectivity index (χ4n) is 2.23. The van der Waals surface area contributed by atoms with Gasteiger partial charge in [0.25, 0.3) is 0 Å². The van der Waals surface area contributed by atoms with E-state index in [1.54, 1.807) is 12.1 Å². The summed E-state index contributed by atoms with van der Waals surface area (Å²) in [7, 11) is 0. The SMILES string of the molecule is CCCCOc1ccc(C2=NC(=Cc3ccc(C)o3)C(=O)O2)cc1. The summed E-state index contributed by atoms with van der Waals surface area (Å²) in [5, 5.41) is 0. The predicted octanol–water partition coefficient (Wildman–Crippen LogP) is 4.11. The van der Waals surface area contributed by atoms with Crippen molar-refractivity contribution in [1.82, 2.24) is 0 Å². The van der Waals surface area contributed by atoms with Crippen LogP contribution in [0.2, 0.25) is 0 Å². The number of carbonyl (C=O) groups is 1. The van der Waals surface area contributed by atoms with E-state index in [4.69, 9.17) is 13.9 Å². The van der Waals surface area contributed by atoms with Gasteiger partial charge in [-0.1, -0.05) is 13.3 Å². The molecule has 5 heteroatoms. The van der Waals surface area contributed by atoms with E-state index in [2.05, 4.69) is 11.9 Å². The zero-order chi connectivity index (χ0) is 16.9. The van der Waals surface area contributed by atoms with E-state index in [0.29, 0.717) is 12.4 Å². The van der Waals surface area contributed by atoms with Crippen molar-refractivity contribution < 1.29 is 18.7 Å². The first kappa shape index (κ1) is 16.1. The number of nitrogens with zero attached hydrogens (tertiary/aromatic N) is 1. The Morgan fingerprint density at radius 1 is 1.17 bits per heavy atom. The Bertz CT molecular complexity index is 784. The number of carbonyl (C=O) groups excluding carboxylic acids is 1. The zero-order valence-corrected chi connectivity index (χ0v) is 13.7. The van der Waals surface area contributed by atoms with Gasteiger partial charge >= 0.3 is 5.97 Å². The standard InChI is InChI=1S/C19H19NO4/c1-3-4-11-22-15-9-6-14(7-10-15)18-20-17(19(21)24-18)12-16-8-5-13(2)23-16/h5-10,12H,3-4,11H2,1-2H3. The van der Waals surface area contributed by atoms with Crippen molar-refractivity contribution in [3.8, 4) is 5.75 Å². The Balaban J connectivity index is 1.74. The van der Waals surface area contributed by atoms with Crippen molar-refractivity contribution >= 4 is 17.9 Å². The third-order valence-electron chi connectivity index (χ3n) is 3.53. The van der Waals surface area contributed by atoms with Crippen molar-refractivity contribution in [2.45, 2.75) is 26.7 Å². The van der Waals surface area contributed by atoms with Gasteiger partial charge in [-0.25, -0.2) is 9.79 Å². The summed E-state index contributed by atoms with van der Waals surface area (Å²) in [6.45, 7) is 4.66. The van der Waals surface area contributed by atoms with Crippen LogP contribution in [0.1, 0.15) is 36.8 Å². The van der Waals surface area contributed by atoms with Crippen LogP contribution in [0, 0.1) is 6.92 Å². The molecule has 0 amide bonds. The molecule has 1 aliphatic heterocycles. The van der Waals surface area contributed by atoms with Crippen LogP contribution in [-0.4, -0.2) is 18.5 Å². The van der Waals surface area contributed by atoms with Crippen molar-refractivity contribution in [3.05, 3.63) is 59.2 Å². The molecule has 0 aliphatic carbocycles. The number of esters is 1. The molecule has 124 valence electrons. The molecule has 24 heavy (non-hydrogen) atoms. The first-order valence-electron chi connectivity index (χ1n) is 7.98. The summed E-state index contributed by atoms with van der Waals surface area (Å²) in [5.74, 6) is 1.94. The van der Waals surface area contributed by atoms with Gasteiger partial charge in [0.1, 0.15) is 17.3 Å². The highest BCUT2D eigenvalue weighted by Crippen LogP contribution is 2.21. The highest BCUT2D eigenvalue weighted by atomic mass is 16.6. The quantitative estimate of drug-likeness (QED) is 0.455. The molecule has 0 saturated carbocycles. The Morgan fingerprint density at radius 2 is 1.96 bits per heavy atom. The molecule has 0 spiro atoms.